The van der Waals surface area contributed by atoms with Gasteiger partial charge in [0.05, 0.1) is 16.1 Å². The third-order valence-electron chi connectivity index (χ3n) is 4.81. The number of alkyl halides is 3. The Bertz CT molecular complexity index is 1230. The van der Waals surface area contributed by atoms with Gasteiger partial charge in [0.2, 0.25) is 5.91 Å². The second-order valence-corrected chi connectivity index (χ2v) is 8.46. The fraction of sp³-hybridized carbons (Fsp3) is 0.150. The molecule has 1 aliphatic heterocycles. The molecule has 3 aromatic carbocycles. The predicted octanol–water partition coefficient (Wildman–Crippen LogP) is 4.39. The van der Waals surface area contributed by atoms with Crippen molar-refractivity contribution in [2.24, 2.45) is 0 Å². The summed E-state index contributed by atoms with van der Waals surface area (Å²) in [5, 5.41) is 3.62. The average Bonchev–Trinajstić information content (AvgIpc) is 2.89. The zero-order valence-electron chi connectivity index (χ0n) is 15.1. The van der Waals surface area contributed by atoms with Crippen molar-refractivity contribution in [3.63, 3.8) is 0 Å². The van der Waals surface area contributed by atoms with Crippen LogP contribution < -0.4 is 9.62 Å². The lowest BCUT2D eigenvalue weighted by Gasteiger charge is -2.25. The SMILES string of the molecule is C[C@H](C(=O)Nc1cccc(C(F)(F)F)c1)N1c2cccc3cccc(c23)S1(=O)=O. The molecule has 0 unspecified atom stereocenters. The van der Waals surface area contributed by atoms with Gasteiger partial charge in [-0.3, -0.25) is 9.10 Å². The number of sulfonamides is 1. The molecule has 0 aromatic heterocycles. The molecular weight excluding hydrogens is 405 g/mol. The smallest absolute Gasteiger partial charge is 0.324 e. The number of nitrogens with zero attached hydrogens (tertiary/aromatic N) is 1. The van der Waals surface area contributed by atoms with Crippen LogP contribution in [-0.4, -0.2) is 20.4 Å². The monoisotopic (exact) mass is 420 g/mol. The summed E-state index contributed by atoms with van der Waals surface area (Å²) in [7, 11) is -3.97. The van der Waals surface area contributed by atoms with Crippen molar-refractivity contribution in [2.75, 3.05) is 9.62 Å². The first-order chi connectivity index (χ1) is 13.6. The summed E-state index contributed by atoms with van der Waals surface area (Å²) in [5.74, 6) is -0.738. The Labute approximate surface area is 164 Å². The van der Waals surface area contributed by atoms with Gasteiger partial charge in [0.15, 0.2) is 0 Å². The van der Waals surface area contributed by atoms with Crippen LogP contribution in [0.5, 0.6) is 0 Å². The highest BCUT2D eigenvalue weighted by atomic mass is 32.2. The van der Waals surface area contributed by atoms with E-state index in [2.05, 4.69) is 5.32 Å². The van der Waals surface area contributed by atoms with Crippen molar-refractivity contribution in [3.8, 4) is 0 Å². The number of amides is 1. The minimum Gasteiger partial charge on any atom is -0.324 e. The van der Waals surface area contributed by atoms with E-state index in [1.807, 2.05) is 0 Å². The van der Waals surface area contributed by atoms with Crippen LogP contribution in [-0.2, 0) is 21.0 Å². The van der Waals surface area contributed by atoms with Gasteiger partial charge in [-0.2, -0.15) is 13.2 Å². The number of carbonyl (C=O) groups excluding carboxylic acids is 1. The van der Waals surface area contributed by atoms with Crippen LogP contribution >= 0.6 is 0 Å². The van der Waals surface area contributed by atoms with Crippen molar-refractivity contribution < 1.29 is 26.4 Å². The highest BCUT2D eigenvalue weighted by Gasteiger charge is 2.41. The first kappa shape index (κ1) is 19.3. The van der Waals surface area contributed by atoms with E-state index in [1.54, 1.807) is 30.3 Å². The number of anilines is 2. The molecule has 5 nitrogen and oxygen atoms in total. The zero-order chi connectivity index (χ0) is 21.0. The summed E-state index contributed by atoms with van der Waals surface area (Å²) in [5.41, 5.74) is -0.609. The van der Waals surface area contributed by atoms with Gasteiger partial charge in [-0.15, -0.1) is 0 Å². The molecule has 3 aromatic rings. The van der Waals surface area contributed by atoms with Gasteiger partial charge in [-0.1, -0.05) is 30.3 Å². The highest BCUT2D eigenvalue weighted by molar-refractivity contribution is 7.93. The Kier molecular flexibility index (Phi) is 4.30. The molecular formula is C20H15F3N2O3S. The van der Waals surface area contributed by atoms with Gasteiger partial charge in [0.25, 0.3) is 10.0 Å². The minimum atomic E-state index is -4.55. The number of benzene rings is 3. The Morgan fingerprint density at radius 1 is 1.03 bits per heavy atom. The van der Waals surface area contributed by atoms with Crippen molar-refractivity contribution in [1.82, 2.24) is 0 Å². The Morgan fingerprint density at radius 2 is 1.69 bits per heavy atom. The second kappa shape index (κ2) is 6.48. The summed E-state index contributed by atoms with van der Waals surface area (Å²) in [4.78, 5) is 12.8. The van der Waals surface area contributed by atoms with E-state index in [4.69, 9.17) is 0 Å². The van der Waals surface area contributed by atoms with Crippen LogP contribution in [0.15, 0.2) is 65.6 Å². The number of hydrogen-bond acceptors (Lipinski definition) is 3. The van der Waals surface area contributed by atoms with Crippen molar-refractivity contribution >= 4 is 38.1 Å². The molecule has 1 aliphatic rings. The number of hydrogen-bond donors (Lipinski definition) is 1. The van der Waals surface area contributed by atoms with Crippen LogP contribution in [0, 0.1) is 0 Å². The first-order valence-electron chi connectivity index (χ1n) is 8.65. The van der Waals surface area contributed by atoms with E-state index in [1.165, 1.54) is 25.1 Å². The molecule has 0 saturated carbocycles. The van der Waals surface area contributed by atoms with Crippen LogP contribution in [0.3, 0.4) is 0 Å². The summed E-state index contributed by atoms with van der Waals surface area (Å²) < 4.78 is 65.8. The molecule has 1 N–H and O–H groups in total. The van der Waals surface area contributed by atoms with Crippen LogP contribution in [0.25, 0.3) is 10.8 Å². The predicted molar refractivity (Wildman–Crippen MR) is 103 cm³/mol. The molecule has 0 bridgehead atoms. The van der Waals surface area contributed by atoms with E-state index < -0.39 is 33.7 Å². The van der Waals surface area contributed by atoms with Gasteiger partial charge in [0, 0.05) is 11.1 Å². The Hall–Kier alpha value is -3.07. The van der Waals surface area contributed by atoms with Crippen molar-refractivity contribution in [1.29, 1.82) is 0 Å². The molecule has 0 fully saturated rings. The first-order valence-corrected chi connectivity index (χ1v) is 10.1. The number of rotatable bonds is 3. The molecule has 150 valence electrons. The lowest BCUT2D eigenvalue weighted by Crippen LogP contribution is -2.44. The van der Waals surface area contributed by atoms with Crippen LogP contribution in [0.2, 0.25) is 0 Å². The maximum absolute atomic E-state index is 13.0. The van der Waals surface area contributed by atoms with Crippen LogP contribution in [0.1, 0.15) is 12.5 Å². The fourth-order valence-electron chi connectivity index (χ4n) is 3.46. The normalized spacial score (nSPS) is 16.1. The minimum absolute atomic E-state index is 0.0657. The second-order valence-electron chi connectivity index (χ2n) is 6.68. The molecule has 0 radical (unpaired) electrons. The largest absolute Gasteiger partial charge is 0.416 e. The Morgan fingerprint density at radius 3 is 2.38 bits per heavy atom. The van der Waals surface area contributed by atoms with E-state index >= 15 is 0 Å². The summed E-state index contributed by atoms with van der Waals surface area (Å²) in [6.07, 6.45) is -4.55. The van der Waals surface area contributed by atoms with E-state index in [9.17, 15) is 26.4 Å². The van der Waals surface area contributed by atoms with E-state index in [0.717, 1.165) is 21.8 Å². The van der Waals surface area contributed by atoms with Gasteiger partial charge < -0.3 is 5.32 Å². The zero-order valence-corrected chi connectivity index (χ0v) is 15.9. The third-order valence-corrected chi connectivity index (χ3v) is 6.73. The maximum atomic E-state index is 13.0. The number of halogens is 3. The van der Waals surface area contributed by atoms with E-state index in [0.29, 0.717) is 11.1 Å². The third kappa shape index (κ3) is 3.11. The van der Waals surface area contributed by atoms with Gasteiger partial charge >= 0.3 is 6.18 Å². The molecule has 4 rings (SSSR count). The fourth-order valence-corrected chi connectivity index (χ4v) is 5.33. The number of carbonyl (C=O) groups is 1. The summed E-state index contributed by atoms with van der Waals surface area (Å²) in [6, 6.07) is 12.9. The lowest BCUT2D eigenvalue weighted by molar-refractivity contribution is -0.137. The highest BCUT2D eigenvalue weighted by Crippen LogP contribution is 2.43. The van der Waals surface area contributed by atoms with Crippen molar-refractivity contribution in [3.05, 3.63) is 66.2 Å². The maximum Gasteiger partial charge on any atom is 0.416 e. The molecule has 1 atom stereocenters. The van der Waals surface area contributed by atoms with Gasteiger partial charge in [0.1, 0.15) is 6.04 Å². The van der Waals surface area contributed by atoms with Crippen molar-refractivity contribution in [2.45, 2.75) is 24.0 Å². The molecule has 1 amide bonds. The topological polar surface area (TPSA) is 66.5 Å². The lowest BCUT2D eigenvalue weighted by atomic mass is 10.1. The van der Waals surface area contributed by atoms with Gasteiger partial charge in [-0.25, -0.2) is 8.42 Å². The Balaban J connectivity index is 1.68. The number of nitrogens with one attached hydrogen (secondary N) is 1. The summed E-state index contributed by atoms with van der Waals surface area (Å²) >= 11 is 0. The molecule has 0 spiro atoms. The quantitative estimate of drug-likeness (QED) is 0.683. The van der Waals surface area contributed by atoms with Crippen LogP contribution in [0.4, 0.5) is 24.5 Å². The average molecular weight is 420 g/mol. The van der Waals surface area contributed by atoms with Gasteiger partial charge in [-0.05, 0) is 42.6 Å². The molecule has 0 saturated heterocycles. The summed E-state index contributed by atoms with van der Waals surface area (Å²) in [6.45, 7) is 1.39. The van der Waals surface area contributed by atoms with E-state index in [-0.39, 0.29) is 10.6 Å². The standard InChI is InChI=1S/C20H15F3N2O3S/c1-12(19(26)24-15-8-4-7-14(11-15)20(21,22)23)25-16-9-2-5-13-6-3-10-17(18(13)16)29(25,27)28/h2-12H,1H3,(H,24,26)/t12-/m1/s1. The molecule has 9 heteroatoms. The molecule has 1 heterocycles. The molecule has 29 heavy (non-hydrogen) atoms. The molecule has 0 aliphatic carbocycles.